The van der Waals surface area contributed by atoms with Crippen molar-refractivity contribution in [3.05, 3.63) is 95.1 Å². The SMILES string of the molecule is COc1ccc2c3c1O[C@H]1[C@@H](N(C)S(=O)(=O)Cc4ccccc4)CC[C@H]4[C@@H](C2)N(CC(O)c2ccccc2)CC[C@@]341. The molecule has 1 unspecified atom stereocenters. The Bertz CT molecular complexity index is 1530. The standard InChI is InChI=1S/C33H38N2O5S/c1-34(41(37,38)21-22-9-5-3-6-10-22)26-15-14-25-27-19-24-13-16-29(39-2)31-30(24)33(25,32(26)40-31)17-18-35(27)20-28(36)23-11-7-4-8-12-23/h3-13,16,25-28,32,36H,14-15,17-21H2,1-2H3/t25-,26-,27+,28?,32-,33-/m0/s1. The summed E-state index contributed by atoms with van der Waals surface area (Å²) in [7, 11) is -0.169. The molecule has 1 saturated heterocycles. The summed E-state index contributed by atoms with van der Waals surface area (Å²) in [4.78, 5) is 2.48. The van der Waals surface area contributed by atoms with E-state index in [2.05, 4.69) is 11.0 Å². The number of likely N-dealkylation sites (N-methyl/N-ethyl adjacent to an activating group) is 1. The fourth-order valence-electron chi connectivity index (χ4n) is 8.44. The maximum atomic E-state index is 13.7. The molecular weight excluding hydrogens is 536 g/mol. The molecule has 4 aliphatic rings. The smallest absolute Gasteiger partial charge is 0.218 e. The van der Waals surface area contributed by atoms with Crippen LogP contribution in [0.5, 0.6) is 11.5 Å². The molecule has 2 fully saturated rings. The van der Waals surface area contributed by atoms with Crippen LogP contribution in [0.25, 0.3) is 0 Å². The molecule has 3 aromatic carbocycles. The van der Waals surface area contributed by atoms with E-state index < -0.39 is 16.1 Å². The Morgan fingerprint density at radius 3 is 2.54 bits per heavy atom. The molecule has 7 rings (SSSR count). The monoisotopic (exact) mass is 574 g/mol. The molecule has 7 nitrogen and oxygen atoms in total. The Morgan fingerprint density at radius 2 is 1.80 bits per heavy atom. The number of rotatable bonds is 8. The lowest BCUT2D eigenvalue weighted by Crippen LogP contribution is -2.69. The van der Waals surface area contributed by atoms with Gasteiger partial charge in [0.1, 0.15) is 6.10 Å². The molecule has 41 heavy (non-hydrogen) atoms. The number of hydrogen-bond donors (Lipinski definition) is 1. The molecule has 0 aromatic heterocycles. The number of benzene rings is 3. The van der Waals surface area contributed by atoms with E-state index in [0.717, 1.165) is 54.9 Å². The fraction of sp³-hybridized carbons (Fsp3) is 0.455. The molecule has 0 radical (unpaired) electrons. The first-order valence-corrected chi connectivity index (χ1v) is 16.3. The van der Waals surface area contributed by atoms with Gasteiger partial charge in [-0.15, -0.1) is 0 Å². The van der Waals surface area contributed by atoms with Gasteiger partial charge in [0.15, 0.2) is 11.5 Å². The van der Waals surface area contributed by atoms with Gasteiger partial charge in [-0.2, -0.15) is 4.31 Å². The molecule has 2 heterocycles. The number of β-amino-alcohol motifs (C(OH)–C–C–N with tert-alkyl or cyclic N) is 1. The Morgan fingerprint density at radius 1 is 1.07 bits per heavy atom. The minimum Gasteiger partial charge on any atom is -0.493 e. The summed E-state index contributed by atoms with van der Waals surface area (Å²) in [6.45, 7) is 1.41. The minimum absolute atomic E-state index is 0.0285. The third-order valence-electron chi connectivity index (χ3n) is 10.3. The van der Waals surface area contributed by atoms with E-state index in [9.17, 15) is 13.5 Å². The molecule has 8 heteroatoms. The second-order valence-electron chi connectivity index (χ2n) is 12.2. The zero-order chi connectivity index (χ0) is 28.4. The molecule has 1 spiro atoms. The van der Waals surface area contributed by atoms with Gasteiger partial charge in [-0.05, 0) is 60.9 Å². The van der Waals surface area contributed by atoms with Gasteiger partial charge in [0, 0.05) is 30.6 Å². The van der Waals surface area contributed by atoms with Gasteiger partial charge in [-0.3, -0.25) is 4.90 Å². The minimum atomic E-state index is -3.57. The average molecular weight is 575 g/mol. The molecule has 216 valence electrons. The Balaban J connectivity index is 1.24. The molecule has 2 bridgehead atoms. The summed E-state index contributed by atoms with van der Waals surface area (Å²) in [6.07, 6.45) is 2.55. The highest BCUT2D eigenvalue weighted by Crippen LogP contribution is 2.64. The lowest BCUT2D eigenvalue weighted by Gasteiger charge is -2.60. The lowest BCUT2D eigenvalue weighted by molar-refractivity contribution is -0.0823. The quantitative estimate of drug-likeness (QED) is 0.432. The van der Waals surface area contributed by atoms with Crippen LogP contribution in [-0.4, -0.2) is 68.2 Å². The van der Waals surface area contributed by atoms with Gasteiger partial charge < -0.3 is 14.6 Å². The number of nitrogens with zero attached hydrogens (tertiary/aromatic N) is 2. The first kappa shape index (κ1) is 27.0. The molecular formula is C33H38N2O5S. The van der Waals surface area contributed by atoms with Gasteiger partial charge in [0.2, 0.25) is 10.0 Å². The average Bonchev–Trinajstić information content (AvgIpc) is 3.33. The highest BCUT2D eigenvalue weighted by atomic mass is 32.2. The van der Waals surface area contributed by atoms with Crippen LogP contribution in [0.2, 0.25) is 0 Å². The van der Waals surface area contributed by atoms with Crippen molar-refractivity contribution in [1.29, 1.82) is 0 Å². The van der Waals surface area contributed by atoms with E-state index in [1.54, 1.807) is 18.5 Å². The predicted octanol–water partition coefficient (Wildman–Crippen LogP) is 4.30. The van der Waals surface area contributed by atoms with Crippen molar-refractivity contribution in [1.82, 2.24) is 9.21 Å². The van der Waals surface area contributed by atoms with Crippen LogP contribution < -0.4 is 9.47 Å². The number of methoxy groups -OCH3 is 1. The van der Waals surface area contributed by atoms with Gasteiger partial charge >= 0.3 is 0 Å². The van der Waals surface area contributed by atoms with Gasteiger partial charge in [-0.1, -0.05) is 66.7 Å². The zero-order valence-corrected chi connectivity index (χ0v) is 24.5. The Labute approximate surface area is 242 Å². The van der Waals surface area contributed by atoms with Crippen molar-refractivity contribution in [2.75, 3.05) is 27.2 Å². The van der Waals surface area contributed by atoms with E-state index in [1.807, 2.05) is 66.7 Å². The Kier molecular flexibility index (Phi) is 6.65. The molecule has 3 aromatic rings. The normalized spacial score (nSPS) is 29.1. The summed E-state index contributed by atoms with van der Waals surface area (Å²) in [6, 6.07) is 23.4. The molecule has 2 aliphatic heterocycles. The second kappa shape index (κ2) is 10.1. The van der Waals surface area contributed by atoms with E-state index in [1.165, 1.54) is 11.1 Å². The van der Waals surface area contributed by atoms with Crippen LogP contribution in [0.3, 0.4) is 0 Å². The molecule has 2 aliphatic carbocycles. The maximum Gasteiger partial charge on any atom is 0.218 e. The van der Waals surface area contributed by atoms with Crippen LogP contribution in [-0.2, 0) is 27.6 Å². The molecule has 1 N–H and O–H groups in total. The number of hydrogen-bond acceptors (Lipinski definition) is 6. The third kappa shape index (κ3) is 4.22. The molecule has 0 amide bonds. The van der Waals surface area contributed by atoms with Crippen LogP contribution in [0.1, 0.15) is 47.6 Å². The number of likely N-dealkylation sites (tertiary alicyclic amines) is 1. The first-order chi connectivity index (χ1) is 19.8. The third-order valence-corrected chi connectivity index (χ3v) is 12.1. The van der Waals surface area contributed by atoms with Crippen molar-refractivity contribution in [2.45, 2.75) is 61.1 Å². The van der Waals surface area contributed by atoms with E-state index in [-0.39, 0.29) is 29.4 Å². The van der Waals surface area contributed by atoms with Crippen LogP contribution in [0.4, 0.5) is 0 Å². The van der Waals surface area contributed by atoms with E-state index in [0.29, 0.717) is 12.5 Å². The lowest BCUT2D eigenvalue weighted by atomic mass is 9.51. The predicted molar refractivity (Wildman–Crippen MR) is 158 cm³/mol. The van der Waals surface area contributed by atoms with Crippen molar-refractivity contribution in [2.24, 2.45) is 5.92 Å². The van der Waals surface area contributed by atoms with Crippen molar-refractivity contribution >= 4 is 10.0 Å². The number of piperidine rings is 1. The summed E-state index contributed by atoms with van der Waals surface area (Å²) in [5, 5.41) is 11.2. The number of ether oxygens (including phenoxy) is 2. The van der Waals surface area contributed by atoms with E-state index >= 15 is 0 Å². The zero-order valence-electron chi connectivity index (χ0n) is 23.6. The summed E-state index contributed by atoms with van der Waals surface area (Å²) >= 11 is 0. The van der Waals surface area contributed by atoms with E-state index in [4.69, 9.17) is 9.47 Å². The number of sulfonamides is 1. The van der Waals surface area contributed by atoms with Crippen molar-refractivity contribution < 1.29 is 23.0 Å². The van der Waals surface area contributed by atoms with Gasteiger partial charge in [-0.25, -0.2) is 8.42 Å². The topological polar surface area (TPSA) is 79.3 Å². The highest BCUT2D eigenvalue weighted by molar-refractivity contribution is 7.88. The summed E-state index contributed by atoms with van der Waals surface area (Å²) < 4.78 is 41.7. The Hall–Kier alpha value is -2.91. The van der Waals surface area contributed by atoms with Gasteiger partial charge in [0.25, 0.3) is 0 Å². The number of aliphatic hydroxyl groups excluding tert-OH is 1. The maximum absolute atomic E-state index is 13.7. The summed E-state index contributed by atoms with van der Waals surface area (Å²) in [5.41, 5.74) is 3.94. The fourth-order valence-corrected chi connectivity index (χ4v) is 9.89. The first-order valence-electron chi connectivity index (χ1n) is 14.7. The highest BCUT2D eigenvalue weighted by Gasteiger charge is 2.66. The van der Waals surface area contributed by atoms with Crippen molar-refractivity contribution in [3.63, 3.8) is 0 Å². The largest absolute Gasteiger partial charge is 0.493 e. The van der Waals surface area contributed by atoms with Crippen molar-refractivity contribution in [3.8, 4) is 11.5 Å². The van der Waals surface area contributed by atoms with Crippen LogP contribution >= 0.6 is 0 Å². The number of aliphatic hydroxyl groups is 1. The van der Waals surface area contributed by atoms with Crippen LogP contribution in [0.15, 0.2) is 72.8 Å². The molecule has 1 saturated carbocycles. The van der Waals surface area contributed by atoms with Crippen LogP contribution in [0, 0.1) is 5.92 Å². The second-order valence-corrected chi connectivity index (χ2v) is 14.2. The summed E-state index contributed by atoms with van der Waals surface area (Å²) in [5.74, 6) is 1.81. The van der Waals surface area contributed by atoms with Gasteiger partial charge in [0.05, 0.1) is 25.0 Å². The molecule has 6 atom stereocenters.